The second-order valence-electron chi connectivity index (χ2n) is 5.13. The number of hydrogen-bond acceptors (Lipinski definition) is 3. The van der Waals surface area contributed by atoms with Crippen LogP contribution in [0.15, 0.2) is 36.0 Å². The summed E-state index contributed by atoms with van der Waals surface area (Å²) in [5, 5.41) is 13.6. The van der Waals surface area contributed by atoms with Crippen molar-refractivity contribution in [1.82, 2.24) is 10.2 Å². The molecule has 0 saturated carbocycles. The SMILES string of the molecule is CC(C)C1=CN(C)C(=O)NC1c1ccc([N+](=O)[O-])cc1. The van der Waals surface area contributed by atoms with Gasteiger partial charge < -0.3 is 10.2 Å². The summed E-state index contributed by atoms with van der Waals surface area (Å²) in [6.45, 7) is 4.10. The molecular formula is C14H17N3O3. The van der Waals surface area contributed by atoms with Crippen molar-refractivity contribution in [3.63, 3.8) is 0 Å². The molecule has 1 atom stereocenters. The Balaban J connectivity index is 2.36. The van der Waals surface area contributed by atoms with Gasteiger partial charge >= 0.3 is 6.03 Å². The van der Waals surface area contributed by atoms with E-state index in [-0.39, 0.29) is 23.7 Å². The van der Waals surface area contributed by atoms with Crippen LogP contribution in [0.2, 0.25) is 0 Å². The largest absolute Gasteiger partial charge is 0.327 e. The van der Waals surface area contributed by atoms with Crippen LogP contribution in [0.1, 0.15) is 25.5 Å². The average Bonchev–Trinajstić information content (AvgIpc) is 2.41. The molecule has 0 spiro atoms. The van der Waals surface area contributed by atoms with Crippen molar-refractivity contribution >= 4 is 11.7 Å². The molecule has 1 aliphatic rings. The number of nitrogens with one attached hydrogen (secondary N) is 1. The smallest absolute Gasteiger partial charge is 0.321 e. The van der Waals surface area contributed by atoms with Gasteiger partial charge in [0.1, 0.15) is 0 Å². The van der Waals surface area contributed by atoms with Gasteiger partial charge in [-0.3, -0.25) is 10.1 Å². The molecule has 6 nitrogen and oxygen atoms in total. The average molecular weight is 275 g/mol. The number of benzene rings is 1. The highest BCUT2D eigenvalue weighted by Gasteiger charge is 2.27. The van der Waals surface area contributed by atoms with Crippen LogP contribution in [0.25, 0.3) is 0 Å². The first-order valence-electron chi connectivity index (χ1n) is 6.39. The van der Waals surface area contributed by atoms with Gasteiger partial charge in [-0.15, -0.1) is 0 Å². The minimum atomic E-state index is -0.434. The fourth-order valence-corrected chi connectivity index (χ4v) is 2.21. The highest BCUT2D eigenvalue weighted by Crippen LogP contribution is 2.31. The van der Waals surface area contributed by atoms with Gasteiger partial charge in [0, 0.05) is 25.4 Å². The molecule has 1 N–H and O–H groups in total. The zero-order valence-electron chi connectivity index (χ0n) is 11.7. The molecule has 0 bridgehead atoms. The van der Waals surface area contributed by atoms with Crippen molar-refractivity contribution in [1.29, 1.82) is 0 Å². The summed E-state index contributed by atoms with van der Waals surface area (Å²) < 4.78 is 0. The first kappa shape index (κ1) is 14.0. The highest BCUT2D eigenvalue weighted by molar-refractivity contribution is 5.77. The minimum absolute atomic E-state index is 0.0445. The number of nitrogens with zero attached hydrogens (tertiary/aromatic N) is 2. The van der Waals surface area contributed by atoms with Gasteiger partial charge in [0.05, 0.1) is 11.0 Å². The Hall–Kier alpha value is -2.37. The normalized spacial score (nSPS) is 18.8. The molecule has 0 aliphatic carbocycles. The lowest BCUT2D eigenvalue weighted by Gasteiger charge is -2.32. The molecule has 2 amide bonds. The van der Waals surface area contributed by atoms with Crippen molar-refractivity contribution in [3.8, 4) is 0 Å². The molecule has 0 aromatic heterocycles. The summed E-state index contributed by atoms with van der Waals surface area (Å²) in [5.74, 6) is 0.262. The van der Waals surface area contributed by atoms with E-state index < -0.39 is 4.92 Å². The topological polar surface area (TPSA) is 75.5 Å². The monoisotopic (exact) mass is 275 g/mol. The maximum atomic E-state index is 11.8. The van der Waals surface area contributed by atoms with Crippen LogP contribution in [0.4, 0.5) is 10.5 Å². The van der Waals surface area contributed by atoms with Crippen LogP contribution >= 0.6 is 0 Å². The zero-order chi connectivity index (χ0) is 14.9. The minimum Gasteiger partial charge on any atom is -0.327 e. The van der Waals surface area contributed by atoms with Crippen LogP contribution in [0.3, 0.4) is 0 Å². The first-order valence-corrected chi connectivity index (χ1v) is 6.39. The number of carbonyl (C=O) groups is 1. The number of amides is 2. The van der Waals surface area contributed by atoms with Crippen LogP contribution in [0.5, 0.6) is 0 Å². The number of hydrogen-bond donors (Lipinski definition) is 1. The summed E-state index contributed by atoms with van der Waals surface area (Å²) in [6.07, 6.45) is 1.83. The van der Waals surface area contributed by atoms with Gasteiger partial charge in [0.2, 0.25) is 0 Å². The van der Waals surface area contributed by atoms with Crippen LogP contribution in [-0.2, 0) is 0 Å². The number of non-ortho nitro benzene ring substituents is 1. The predicted octanol–water partition coefficient (Wildman–Crippen LogP) is 2.83. The fraction of sp³-hybridized carbons (Fsp3) is 0.357. The molecular weight excluding hydrogens is 258 g/mol. The molecule has 20 heavy (non-hydrogen) atoms. The van der Waals surface area contributed by atoms with Crippen molar-refractivity contribution < 1.29 is 9.72 Å². The number of urea groups is 1. The third-order valence-corrected chi connectivity index (χ3v) is 3.37. The third-order valence-electron chi connectivity index (χ3n) is 3.37. The maximum Gasteiger partial charge on any atom is 0.321 e. The zero-order valence-corrected chi connectivity index (χ0v) is 11.7. The van der Waals surface area contributed by atoms with Crippen molar-refractivity contribution in [3.05, 3.63) is 51.7 Å². The Bertz CT molecular complexity index is 564. The second-order valence-corrected chi connectivity index (χ2v) is 5.13. The number of nitro benzene ring substituents is 1. The van der Waals surface area contributed by atoms with Crippen LogP contribution in [0, 0.1) is 16.0 Å². The van der Waals surface area contributed by atoms with Gasteiger partial charge in [-0.1, -0.05) is 13.8 Å². The van der Waals surface area contributed by atoms with Crippen molar-refractivity contribution in [2.45, 2.75) is 19.9 Å². The Morgan fingerprint density at radius 1 is 1.30 bits per heavy atom. The Labute approximate surface area is 117 Å². The molecule has 0 radical (unpaired) electrons. The van der Waals surface area contributed by atoms with E-state index in [2.05, 4.69) is 19.2 Å². The summed E-state index contributed by atoms with van der Waals surface area (Å²) in [5.41, 5.74) is 1.96. The lowest BCUT2D eigenvalue weighted by Crippen LogP contribution is -2.42. The van der Waals surface area contributed by atoms with E-state index in [0.29, 0.717) is 0 Å². The van der Waals surface area contributed by atoms with Gasteiger partial charge in [0.15, 0.2) is 0 Å². The molecule has 1 aromatic rings. The van der Waals surface area contributed by atoms with Crippen LogP contribution < -0.4 is 5.32 Å². The fourth-order valence-electron chi connectivity index (χ4n) is 2.21. The van der Waals surface area contributed by atoms with E-state index in [1.165, 1.54) is 17.0 Å². The molecule has 0 fully saturated rings. The Morgan fingerprint density at radius 3 is 2.40 bits per heavy atom. The number of rotatable bonds is 3. The van der Waals surface area contributed by atoms with E-state index in [4.69, 9.17) is 0 Å². The molecule has 1 aliphatic heterocycles. The molecule has 1 aromatic carbocycles. The van der Waals surface area contributed by atoms with E-state index in [1.54, 1.807) is 19.2 Å². The molecule has 1 heterocycles. The lowest BCUT2D eigenvalue weighted by molar-refractivity contribution is -0.384. The lowest BCUT2D eigenvalue weighted by atomic mass is 9.90. The molecule has 0 saturated heterocycles. The summed E-state index contributed by atoms with van der Waals surface area (Å²) >= 11 is 0. The summed E-state index contributed by atoms with van der Waals surface area (Å²) in [6, 6.07) is 5.86. The summed E-state index contributed by atoms with van der Waals surface area (Å²) in [4.78, 5) is 23.5. The van der Waals surface area contributed by atoms with Crippen molar-refractivity contribution in [2.75, 3.05) is 7.05 Å². The Kier molecular flexibility index (Phi) is 3.74. The molecule has 6 heteroatoms. The Morgan fingerprint density at radius 2 is 1.90 bits per heavy atom. The molecule has 106 valence electrons. The number of carbonyl (C=O) groups excluding carboxylic acids is 1. The van der Waals surface area contributed by atoms with Crippen molar-refractivity contribution in [2.24, 2.45) is 5.92 Å². The maximum absolute atomic E-state index is 11.8. The van der Waals surface area contributed by atoms with Gasteiger partial charge in [-0.25, -0.2) is 4.79 Å². The predicted molar refractivity (Wildman–Crippen MR) is 75.1 cm³/mol. The highest BCUT2D eigenvalue weighted by atomic mass is 16.6. The van der Waals surface area contributed by atoms with E-state index in [9.17, 15) is 14.9 Å². The van der Waals surface area contributed by atoms with Gasteiger partial charge in [-0.05, 0) is 29.2 Å². The van der Waals surface area contributed by atoms with Gasteiger partial charge in [0.25, 0.3) is 5.69 Å². The number of nitro groups is 1. The first-order chi connectivity index (χ1) is 9.40. The van der Waals surface area contributed by atoms with E-state index in [1.807, 2.05) is 6.20 Å². The summed E-state index contributed by atoms with van der Waals surface area (Å²) in [7, 11) is 1.70. The molecule has 2 rings (SSSR count). The van der Waals surface area contributed by atoms with E-state index >= 15 is 0 Å². The van der Waals surface area contributed by atoms with Crippen LogP contribution in [-0.4, -0.2) is 22.9 Å². The standard InChI is InChI=1S/C14H17N3O3/c1-9(2)12-8-16(3)14(18)15-13(12)10-4-6-11(7-5-10)17(19)20/h4-9,13H,1-3H3,(H,15,18). The third kappa shape index (κ3) is 2.64. The molecule has 1 unspecified atom stereocenters. The van der Waals surface area contributed by atoms with Gasteiger partial charge in [-0.2, -0.15) is 0 Å². The quantitative estimate of drug-likeness (QED) is 0.680. The second kappa shape index (κ2) is 5.32. The van der Waals surface area contributed by atoms with E-state index in [0.717, 1.165) is 11.1 Å².